The second-order valence-corrected chi connectivity index (χ2v) is 8.53. The Morgan fingerprint density at radius 2 is 1.77 bits per heavy atom. The van der Waals surface area contributed by atoms with Gasteiger partial charge in [0.15, 0.2) is 0 Å². The van der Waals surface area contributed by atoms with Crippen molar-refractivity contribution in [2.75, 3.05) is 0 Å². The molecule has 1 unspecified atom stereocenters. The maximum absolute atomic E-state index is 13.4. The van der Waals surface area contributed by atoms with Gasteiger partial charge in [-0.3, -0.25) is 9.89 Å². The molecule has 1 amide bonds. The second-order valence-electron chi connectivity index (χ2n) is 7.21. The van der Waals surface area contributed by atoms with Gasteiger partial charge in [-0.2, -0.15) is 5.10 Å². The monoisotopic (exact) mass is 477 g/mol. The summed E-state index contributed by atoms with van der Waals surface area (Å²) in [6.45, 7) is 0.409. The average Bonchev–Trinajstić information content (AvgIpc) is 3.30. The molecule has 2 heterocycles. The van der Waals surface area contributed by atoms with Gasteiger partial charge in [0.25, 0.3) is 5.91 Å². The van der Waals surface area contributed by atoms with Crippen molar-refractivity contribution in [1.82, 2.24) is 15.1 Å². The molecule has 6 heteroatoms. The van der Waals surface area contributed by atoms with Crippen LogP contribution in [-0.4, -0.2) is 21.0 Å². The molecule has 0 saturated carbocycles. The molecule has 30 heavy (non-hydrogen) atoms. The van der Waals surface area contributed by atoms with E-state index < -0.39 is 0 Å². The molecule has 3 aromatic carbocycles. The molecule has 4 nitrogen and oxygen atoms in total. The Hall–Kier alpha value is -2.89. The topological polar surface area (TPSA) is 49.0 Å². The Kier molecular flexibility index (Phi) is 4.93. The molecule has 0 bridgehead atoms. The molecule has 0 fully saturated rings. The van der Waals surface area contributed by atoms with Gasteiger partial charge in [-0.15, -0.1) is 0 Å². The predicted octanol–water partition coefficient (Wildman–Crippen LogP) is 6.24. The van der Waals surface area contributed by atoms with E-state index in [1.807, 2.05) is 77.7 Å². The summed E-state index contributed by atoms with van der Waals surface area (Å²) >= 11 is 9.99. The molecule has 0 aliphatic carbocycles. The fourth-order valence-electron chi connectivity index (χ4n) is 4.01. The Balaban J connectivity index is 1.67. The lowest BCUT2D eigenvalue weighted by Crippen LogP contribution is -2.29. The maximum atomic E-state index is 13.4. The zero-order chi connectivity index (χ0) is 20.7. The van der Waals surface area contributed by atoms with Crippen LogP contribution in [0.2, 0.25) is 5.02 Å². The number of rotatable bonds is 4. The number of carbonyl (C=O) groups excluding carboxylic acids is 1. The number of hydrogen-bond acceptors (Lipinski definition) is 2. The lowest BCUT2D eigenvalue weighted by atomic mass is 9.96. The van der Waals surface area contributed by atoms with Crippen molar-refractivity contribution in [3.8, 4) is 11.3 Å². The summed E-state index contributed by atoms with van der Waals surface area (Å²) in [6, 6.07) is 25.4. The summed E-state index contributed by atoms with van der Waals surface area (Å²) in [4.78, 5) is 15.3. The van der Waals surface area contributed by atoms with Crippen LogP contribution in [0.15, 0.2) is 83.3 Å². The van der Waals surface area contributed by atoms with Crippen LogP contribution < -0.4 is 0 Å². The molecule has 4 aromatic rings. The van der Waals surface area contributed by atoms with Gasteiger partial charge in [0, 0.05) is 27.2 Å². The normalized spacial score (nSPS) is 15.5. The summed E-state index contributed by atoms with van der Waals surface area (Å²) in [5.74, 6) is -0.0791. The van der Waals surface area contributed by atoms with Gasteiger partial charge in [0.2, 0.25) is 0 Å². The zero-order valence-corrected chi connectivity index (χ0v) is 18.2. The summed E-state index contributed by atoms with van der Waals surface area (Å²) in [5.41, 5.74) is 5.13. The van der Waals surface area contributed by atoms with E-state index in [1.54, 1.807) is 0 Å². The molecule has 0 radical (unpaired) electrons. The van der Waals surface area contributed by atoms with Gasteiger partial charge in [-0.1, -0.05) is 88.2 Å². The Bertz CT molecular complexity index is 1240. The maximum Gasteiger partial charge on any atom is 0.273 e. The molecule has 1 N–H and O–H groups in total. The van der Waals surface area contributed by atoms with Gasteiger partial charge >= 0.3 is 0 Å². The van der Waals surface area contributed by atoms with E-state index in [-0.39, 0.29) is 11.9 Å². The van der Waals surface area contributed by atoms with E-state index in [0.29, 0.717) is 17.3 Å². The Morgan fingerprint density at radius 3 is 2.53 bits per heavy atom. The number of carbonyl (C=O) groups is 1. The van der Waals surface area contributed by atoms with Crippen LogP contribution in [0.25, 0.3) is 11.3 Å². The lowest BCUT2D eigenvalue weighted by Gasteiger charge is -2.27. The number of benzene rings is 3. The molecular weight excluding hydrogens is 462 g/mol. The minimum Gasteiger partial charge on any atom is -0.322 e. The van der Waals surface area contributed by atoms with Gasteiger partial charge in [0.1, 0.15) is 5.69 Å². The van der Waals surface area contributed by atoms with E-state index in [9.17, 15) is 4.79 Å². The van der Waals surface area contributed by atoms with E-state index >= 15 is 0 Å². The minimum absolute atomic E-state index is 0.0791. The standard InChI is InChI=1S/C24H17BrClN3O/c25-18-11-6-10-16(13-18)23-20-21(15-7-2-1-3-8-15)27-28-22(20)24(30)29(23)14-17-9-4-5-12-19(17)26/h1-13,23H,14H2,(H,27,28). The third-order valence-electron chi connectivity index (χ3n) is 5.37. The Labute approximate surface area is 187 Å². The number of aromatic amines is 1. The second kappa shape index (κ2) is 7.74. The quantitative estimate of drug-likeness (QED) is 0.377. The Morgan fingerprint density at radius 1 is 1.00 bits per heavy atom. The molecule has 1 atom stereocenters. The van der Waals surface area contributed by atoms with Crippen molar-refractivity contribution in [2.24, 2.45) is 0 Å². The first-order valence-electron chi connectivity index (χ1n) is 9.57. The first-order chi connectivity index (χ1) is 14.6. The number of nitrogens with zero attached hydrogens (tertiary/aromatic N) is 2. The first-order valence-corrected chi connectivity index (χ1v) is 10.7. The SMILES string of the molecule is O=C1c2[nH]nc(-c3ccccc3)c2C(c2cccc(Br)c2)N1Cc1ccccc1Cl. The smallest absolute Gasteiger partial charge is 0.273 e. The lowest BCUT2D eigenvalue weighted by molar-refractivity contribution is 0.0730. The highest BCUT2D eigenvalue weighted by atomic mass is 79.9. The van der Waals surface area contributed by atoms with Gasteiger partial charge < -0.3 is 4.90 Å². The molecule has 1 aromatic heterocycles. The molecule has 1 aliphatic heterocycles. The molecule has 5 rings (SSSR count). The van der Waals surface area contributed by atoms with Crippen molar-refractivity contribution >= 4 is 33.4 Å². The van der Waals surface area contributed by atoms with Crippen molar-refractivity contribution in [3.05, 3.63) is 111 Å². The van der Waals surface area contributed by atoms with Crippen LogP contribution in [0.3, 0.4) is 0 Å². The largest absolute Gasteiger partial charge is 0.322 e. The van der Waals surface area contributed by atoms with Crippen LogP contribution in [0.5, 0.6) is 0 Å². The first kappa shape index (κ1) is 19.1. The highest BCUT2D eigenvalue weighted by molar-refractivity contribution is 9.10. The van der Waals surface area contributed by atoms with E-state index in [4.69, 9.17) is 11.6 Å². The average molecular weight is 479 g/mol. The van der Waals surface area contributed by atoms with Crippen molar-refractivity contribution in [1.29, 1.82) is 0 Å². The van der Waals surface area contributed by atoms with E-state index in [2.05, 4.69) is 32.2 Å². The predicted molar refractivity (Wildman–Crippen MR) is 121 cm³/mol. The molecule has 0 spiro atoms. The number of halogens is 2. The molecule has 148 valence electrons. The van der Waals surface area contributed by atoms with Crippen LogP contribution in [0.1, 0.15) is 33.2 Å². The highest BCUT2D eigenvalue weighted by Gasteiger charge is 2.42. The molecule has 1 aliphatic rings. The number of amides is 1. The van der Waals surface area contributed by atoms with Crippen LogP contribution >= 0.6 is 27.5 Å². The number of nitrogens with one attached hydrogen (secondary N) is 1. The van der Waals surface area contributed by atoms with Crippen LogP contribution in [-0.2, 0) is 6.54 Å². The molecular formula is C24H17BrClN3O. The fraction of sp³-hybridized carbons (Fsp3) is 0.0833. The van der Waals surface area contributed by atoms with E-state index in [0.717, 1.165) is 32.4 Å². The van der Waals surface area contributed by atoms with Crippen molar-refractivity contribution in [3.63, 3.8) is 0 Å². The zero-order valence-electron chi connectivity index (χ0n) is 15.8. The van der Waals surface area contributed by atoms with Gasteiger partial charge in [0.05, 0.1) is 11.7 Å². The minimum atomic E-state index is -0.268. The number of aromatic nitrogens is 2. The third kappa shape index (κ3) is 3.24. The summed E-state index contributed by atoms with van der Waals surface area (Å²) < 4.78 is 0.961. The highest BCUT2D eigenvalue weighted by Crippen LogP contribution is 2.44. The van der Waals surface area contributed by atoms with Gasteiger partial charge in [-0.25, -0.2) is 0 Å². The van der Waals surface area contributed by atoms with Crippen molar-refractivity contribution in [2.45, 2.75) is 12.6 Å². The molecule has 0 saturated heterocycles. The number of fused-ring (bicyclic) bond motifs is 1. The van der Waals surface area contributed by atoms with Crippen molar-refractivity contribution < 1.29 is 4.79 Å². The van der Waals surface area contributed by atoms with Crippen LogP contribution in [0, 0.1) is 0 Å². The summed E-state index contributed by atoms with van der Waals surface area (Å²) in [7, 11) is 0. The van der Waals surface area contributed by atoms with Gasteiger partial charge in [-0.05, 0) is 29.3 Å². The summed E-state index contributed by atoms with van der Waals surface area (Å²) in [6.07, 6.45) is 0. The number of hydrogen-bond donors (Lipinski definition) is 1. The summed E-state index contributed by atoms with van der Waals surface area (Å²) in [5, 5.41) is 8.15. The van der Waals surface area contributed by atoms with Crippen LogP contribution in [0.4, 0.5) is 0 Å². The number of H-pyrrole nitrogens is 1. The fourth-order valence-corrected chi connectivity index (χ4v) is 4.62. The third-order valence-corrected chi connectivity index (χ3v) is 6.24. The van der Waals surface area contributed by atoms with E-state index in [1.165, 1.54) is 0 Å².